The summed E-state index contributed by atoms with van der Waals surface area (Å²) in [5.41, 5.74) is 4.64. The molecule has 0 amide bonds. The molecule has 94 valence electrons. The van der Waals surface area contributed by atoms with Gasteiger partial charge in [-0.3, -0.25) is 0 Å². The fourth-order valence-electron chi connectivity index (χ4n) is 1.84. The Morgan fingerprint density at radius 2 is 2.00 bits per heavy atom. The van der Waals surface area contributed by atoms with E-state index in [1.807, 2.05) is 12.3 Å². The van der Waals surface area contributed by atoms with Gasteiger partial charge in [-0.1, -0.05) is 24.6 Å². The molecule has 0 aliphatic carbocycles. The Morgan fingerprint density at radius 1 is 1.17 bits per heavy atom. The molecular formula is C15H19N3. The fraction of sp³-hybridized carbons (Fsp3) is 0.333. The Hall–Kier alpha value is -1.90. The number of rotatable bonds is 4. The van der Waals surface area contributed by atoms with Gasteiger partial charge in [-0.05, 0) is 38.0 Å². The molecule has 0 unspecified atom stereocenters. The monoisotopic (exact) mass is 241 g/mol. The highest BCUT2D eigenvalue weighted by Crippen LogP contribution is 2.23. The third kappa shape index (κ3) is 2.86. The summed E-state index contributed by atoms with van der Waals surface area (Å²) in [5, 5.41) is 3.22. The Kier molecular flexibility index (Phi) is 3.92. The van der Waals surface area contributed by atoms with E-state index in [0.717, 1.165) is 18.7 Å². The molecule has 0 atom stereocenters. The first-order valence-electron chi connectivity index (χ1n) is 6.35. The van der Waals surface area contributed by atoms with Gasteiger partial charge in [-0.25, -0.2) is 9.97 Å². The van der Waals surface area contributed by atoms with Crippen LogP contribution in [0.25, 0.3) is 11.3 Å². The second kappa shape index (κ2) is 5.63. The van der Waals surface area contributed by atoms with Crippen molar-refractivity contribution in [2.45, 2.75) is 27.2 Å². The van der Waals surface area contributed by atoms with Crippen LogP contribution in [0.15, 0.2) is 30.5 Å². The summed E-state index contributed by atoms with van der Waals surface area (Å²) < 4.78 is 0. The van der Waals surface area contributed by atoms with Gasteiger partial charge in [0.25, 0.3) is 0 Å². The normalized spacial score (nSPS) is 10.4. The van der Waals surface area contributed by atoms with Crippen LogP contribution in [0.3, 0.4) is 0 Å². The maximum Gasteiger partial charge on any atom is 0.223 e. The number of nitrogens with zero attached hydrogens (tertiary/aromatic N) is 2. The summed E-state index contributed by atoms with van der Waals surface area (Å²) in [7, 11) is 0. The SMILES string of the molecule is CCCNc1nccc(-c2cc(C)ccc2C)n1. The third-order valence-electron chi connectivity index (χ3n) is 2.86. The van der Waals surface area contributed by atoms with E-state index < -0.39 is 0 Å². The second-order valence-electron chi connectivity index (χ2n) is 4.51. The van der Waals surface area contributed by atoms with E-state index in [0.29, 0.717) is 5.95 Å². The van der Waals surface area contributed by atoms with E-state index in [1.54, 1.807) is 0 Å². The fourth-order valence-corrected chi connectivity index (χ4v) is 1.84. The number of aromatic nitrogens is 2. The van der Waals surface area contributed by atoms with Gasteiger partial charge in [0.15, 0.2) is 0 Å². The Morgan fingerprint density at radius 3 is 2.78 bits per heavy atom. The van der Waals surface area contributed by atoms with Crippen LogP contribution in [-0.4, -0.2) is 16.5 Å². The van der Waals surface area contributed by atoms with E-state index in [9.17, 15) is 0 Å². The minimum Gasteiger partial charge on any atom is -0.354 e. The molecule has 2 rings (SSSR count). The van der Waals surface area contributed by atoms with Crippen LogP contribution in [0.2, 0.25) is 0 Å². The maximum atomic E-state index is 4.56. The number of aryl methyl sites for hydroxylation is 2. The molecule has 0 fully saturated rings. The molecule has 0 spiro atoms. The highest BCUT2D eigenvalue weighted by atomic mass is 15.1. The summed E-state index contributed by atoms with van der Waals surface area (Å²) in [6.07, 6.45) is 2.87. The highest BCUT2D eigenvalue weighted by Gasteiger charge is 2.05. The van der Waals surface area contributed by atoms with Crippen molar-refractivity contribution in [2.75, 3.05) is 11.9 Å². The Labute approximate surface area is 108 Å². The molecule has 0 bridgehead atoms. The molecule has 0 aliphatic heterocycles. The van der Waals surface area contributed by atoms with Crippen molar-refractivity contribution in [1.82, 2.24) is 9.97 Å². The van der Waals surface area contributed by atoms with Crippen molar-refractivity contribution in [2.24, 2.45) is 0 Å². The molecule has 18 heavy (non-hydrogen) atoms. The minimum atomic E-state index is 0.704. The van der Waals surface area contributed by atoms with Gasteiger partial charge in [0.1, 0.15) is 0 Å². The Bertz CT molecular complexity index is 535. The van der Waals surface area contributed by atoms with E-state index in [2.05, 4.69) is 54.3 Å². The zero-order chi connectivity index (χ0) is 13.0. The average Bonchev–Trinajstić information content (AvgIpc) is 2.39. The van der Waals surface area contributed by atoms with Gasteiger partial charge < -0.3 is 5.32 Å². The lowest BCUT2D eigenvalue weighted by molar-refractivity contribution is 0.953. The summed E-state index contributed by atoms with van der Waals surface area (Å²) in [5.74, 6) is 0.704. The first-order chi connectivity index (χ1) is 8.70. The standard InChI is InChI=1S/C15H19N3/c1-4-8-16-15-17-9-7-14(18-15)13-10-11(2)5-6-12(13)3/h5-7,9-10H,4,8H2,1-3H3,(H,16,17,18). The molecule has 3 heteroatoms. The van der Waals surface area contributed by atoms with E-state index >= 15 is 0 Å². The number of benzene rings is 1. The summed E-state index contributed by atoms with van der Waals surface area (Å²) >= 11 is 0. The number of nitrogens with one attached hydrogen (secondary N) is 1. The summed E-state index contributed by atoms with van der Waals surface area (Å²) in [6, 6.07) is 8.38. The van der Waals surface area contributed by atoms with Crippen LogP contribution in [0, 0.1) is 13.8 Å². The quantitative estimate of drug-likeness (QED) is 0.889. The topological polar surface area (TPSA) is 37.8 Å². The molecule has 1 aromatic carbocycles. The predicted molar refractivity (Wildman–Crippen MR) is 75.7 cm³/mol. The second-order valence-corrected chi connectivity index (χ2v) is 4.51. The van der Waals surface area contributed by atoms with Gasteiger partial charge in [-0.15, -0.1) is 0 Å². The van der Waals surface area contributed by atoms with Crippen molar-refractivity contribution in [3.05, 3.63) is 41.6 Å². The van der Waals surface area contributed by atoms with Crippen LogP contribution in [0.5, 0.6) is 0 Å². The van der Waals surface area contributed by atoms with E-state index in [-0.39, 0.29) is 0 Å². The predicted octanol–water partition coefficient (Wildman–Crippen LogP) is 3.58. The van der Waals surface area contributed by atoms with Crippen LogP contribution in [0.1, 0.15) is 24.5 Å². The molecule has 1 N–H and O–H groups in total. The number of anilines is 1. The van der Waals surface area contributed by atoms with Crippen LogP contribution >= 0.6 is 0 Å². The largest absolute Gasteiger partial charge is 0.354 e. The zero-order valence-corrected chi connectivity index (χ0v) is 11.2. The molecule has 0 saturated carbocycles. The minimum absolute atomic E-state index is 0.704. The van der Waals surface area contributed by atoms with Crippen molar-refractivity contribution in [3.8, 4) is 11.3 Å². The van der Waals surface area contributed by atoms with Gasteiger partial charge in [0.05, 0.1) is 5.69 Å². The van der Waals surface area contributed by atoms with Crippen molar-refractivity contribution in [3.63, 3.8) is 0 Å². The van der Waals surface area contributed by atoms with Gasteiger partial charge in [-0.2, -0.15) is 0 Å². The average molecular weight is 241 g/mol. The molecule has 0 saturated heterocycles. The lowest BCUT2D eigenvalue weighted by Gasteiger charge is -2.08. The maximum absolute atomic E-state index is 4.56. The summed E-state index contributed by atoms with van der Waals surface area (Å²) in [6.45, 7) is 7.23. The van der Waals surface area contributed by atoms with Crippen molar-refractivity contribution >= 4 is 5.95 Å². The smallest absolute Gasteiger partial charge is 0.223 e. The van der Waals surface area contributed by atoms with E-state index in [1.165, 1.54) is 16.7 Å². The van der Waals surface area contributed by atoms with E-state index in [4.69, 9.17) is 0 Å². The van der Waals surface area contributed by atoms with Crippen molar-refractivity contribution in [1.29, 1.82) is 0 Å². The zero-order valence-electron chi connectivity index (χ0n) is 11.2. The Balaban J connectivity index is 2.35. The van der Waals surface area contributed by atoms with Gasteiger partial charge >= 0.3 is 0 Å². The molecule has 1 aromatic heterocycles. The lowest BCUT2D eigenvalue weighted by atomic mass is 10.0. The van der Waals surface area contributed by atoms with Gasteiger partial charge in [0.2, 0.25) is 5.95 Å². The molecular weight excluding hydrogens is 222 g/mol. The molecule has 2 aromatic rings. The van der Waals surface area contributed by atoms with Crippen LogP contribution < -0.4 is 5.32 Å². The lowest BCUT2D eigenvalue weighted by Crippen LogP contribution is -2.04. The molecule has 3 nitrogen and oxygen atoms in total. The first-order valence-corrected chi connectivity index (χ1v) is 6.35. The van der Waals surface area contributed by atoms with Gasteiger partial charge in [0, 0.05) is 18.3 Å². The van der Waals surface area contributed by atoms with Crippen LogP contribution in [0.4, 0.5) is 5.95 Å². The number of hydrogen-bond acceptors (Lipinski definition) is 3. The third-order valence-corrected chi connectivity index (χ3v) is 2.86. The summed E-state index contributed by atoms with van der Waals surface area (Å²) in [4.78, 5) is 8.79. The van der Waals surface area contributed by atoms with Crippen molar-refractivity contribution < 1.29 is 0 Å². The molecule has 1 heterocycles. The first kappa shape index (κ1) is 12.6. The molecule has 0 aliphatic rings. The highest BCUT2D eigenvalue weighted by molar-refractivity contribution is 5.64. The molecule has 0 radical (unpaired) electrons. The van der Waals surface area contributed by atoms with Crippen LogP contribution in [-0.2, 0) is 0 Å². The number of hydrogen-bond donors (Lipinski definition) is 1.